The third kappa shape index (κ3) is 6.20. The quantitative estimate of drug-likeness (QED) is 0.459. The van der Waals surface area contributed by atoms with E-state index in [4.69, 9.17) is 10.5 Å². The zero-order valence-electron chi connectivity index (χ0n) is 20.5. The normalized spacial score (nSPS) is 17.3. The first-order valence-electron chi connectivity index (χ1n) is 11.8. The largest absolute Gasteiger partial charge is 0.489 e. The molecule has 2 heterocycles. The van der Waals surface area contributed by atoms with Gasteiger partial charge in [-0.15, -0.1) is 0 Å². The Labute approximate surface area is 202 Å². The van der Waals surface area contributed by atoms with Crippen molar-refractivity contribution >= 4 is 11.7 Å². The van der Waals surface area contributed by atoms with Crippen LogP contribution < -0.4 is 15.8 Å². The molecular formula is C28H34N4O2. The molecule has 0 atom stereocenters. The summed E-state index contributed by atoms with van der Waals surface area (Å²) in [5.74, 6) is 1.61. The molecule has 0 saturated carbocycles. The van der Waals surface area contributed by atoms with Gasteiger partial charge < -0.3 is 15.8 Å². The number of benzene rings is 2. The van der Waals surface area contributed by atoms with Crippen LogP contribution >= 0.6 is 0 Å². The molecule has 1 fully saturated rings. The first-order valence-corrected chi connectivity index (χ1v) is 11.8. The van der Waals surface area contributed by atoms with Gasteiger partial charge in [-0.25, -0.2) is 9.97 Å². The standard InChI is InChI=1S/C28H34N4O2/c1-27(2)14-20(15-28(3,4)32-27)12-25(33)21-10-8-19(9-11-21)18-34-24-7-5-6-22(13-24)23-16-30-26(29)31-17-23/h5-11,13,16-17,20,32H,12,14-15,18H2,1-4H3,(H2,29,30,31). The molecule has 1 aliphatic heterocycles. The molecular weight excluding hydrogens is 424 g/mol. The second-order valence-electron chi connectivity index (χ2n) is 10.6. The number of hydrogen-bond donors (Lipinski definition) is 2. The van der Waals surface area contributed by atoms with Gasteiger partial charge in [0.1, 0.15) is 12.4 Å². The molecule has 0 radical (unpaired) electrons. The minimum absolute atomic E-state index is 0.0477. The summed E-state index contributed by atoms with van der Waals surface area (Å²) in [6, 6.07) is 15.6. The average molecular weight is 459 g/mol. The average Bonchev–Trinajstić information content (AvgIpc) is 2.76. The highest BCUT2D eigenvalue weighted by atomic mass is 16.5. The van der Waals surface area contributed by atoms with Crippen molar-refractivity contribution in [3.8, 4) is 16.9 Å². The number of nitrogens with zero attached hydrogens (tertiary/aromatic N) is 2. The van der Waals surface area contributed by atoms with Crippen molar-refractivity contribution in [2.75, 3.05) is 5.73 Å². The first-order chi connectivity index (χ1) is 16.1. The number of rotatable bonds is 7. The predicted molar refractivity (Wildman–Crippen MR) is 136 cm³/mol. The van der Waals surface area contributed by atoms with E-state index in [9.17, 15) is 4.79 Å². The molecule has 0 bridgehead atoms. The summed E-state index contributed by atoms with van der Waals surface area (Å²) in [5, 5.41) is 3.69. The van der Waals surface area contributed by atoms with Crippen molar-refractivity contribution in [3.63, 3.8) is 0 Å². The minimum atomic E-state index is 0.0477. The molecule has 0 aliphatic carbocycles. The smallest absolute Gasteiger partial charge is 0.219 e. The molecule has 3 aromatic rings. The number of ketones is 1. The third-order valence-corrected chi connectivity index (χ3v) is 6.27. The van der Waals surface area contributed by atoms with Crippen LogP contribution in [0.5, 0.6) is 5.75 Å². The van der Waals surface area contributed by atoms with Crippen molar-refractivity contribution in [1.82, 2.24) is 15.3 Å². The van der Waals surface area contributed by atoms with E-state index in [1.807, 2.05) is 48.5 Å². The first kappa shape index (κ1) is 23.9. The van der Waals surface area contributed by atoms with Crippen LogP contribution in [0.2, 0.25) is 0 Å². The molecule has 4 rings (SSSR count). The lowest BCUT2D eigenvalue weighted by atomic mass is 9.74. The molecule has 0 spiro atoms. The van der Waals surface area contributed by atoms with Crippen LogP contribution in [0, 0.1) is 5.92 Å². The topological polar surface area (TPSA) is 90.1 Å². The van der Waals surface area contributed by atoms with Gasteiger partial charge in [0.2, 0.25) is 5.95 Å². The Morgan fingerprint density at radius 2 is 1.65 bits per heavy atom. The third-order valence-electron chi connectivity index (χ3n) is 6.27. The lowest BCUT2D eigenvalue weighted by molar-refractivity contribution is 0.0864. The SMILES string of the molecule is CC1(C)CC(CC(=O)c2ccc(COc3cccc(-c4cnc(N)nc4)c3)cc2)CC(C)(C)N1. The minimum Gasteiger partial charge on any atom is -0.489 e. The van der Waals surface area contributed by atoms with E-state index >= 15 is 0 Å². The van der Waals surface area contributed by atoms with Gasteiger partial charge in [-0.1, -0.05) is 36.4 Å². The van der Waals surface area contributed by atoms with E-state index < -0.39 is 0 Å². The second-order valence-corrected chi connectivity index (χ2v) is 10.6. The zero-order chi connectivity index (χ0) is 24.3. The number of nitrogen functional groups attached to an aromatic ring is 1. The van der Waals surface area contributed by atoms with Crippen molar-refractivity contribution in [2.24, 2.45) is 5.92 Å². The van der Waals surface area contributed by atoms with Crippen LogP contribution in [0.4, 0.5) is 5.95 Å². The number of Topliss-reactive ketones (excluding diaryl/α,β-unsaturated/α-hetero) is 1. The molecule has 6 nitrogen and oxygen atoms in total. The van der Waals surface area contributed by atoms with Crippen LogP contribution in [-0.2, 0) is 6.61 Å². The molecule has 1 aromatic heterocycles. The predicted octanol–water partition coefficient (Wildman–Crippen LogP) is 5.43. The van der Waals surface area contributed by atoms with Crippen LogP contribution in [0.25, 0.3) is 11.1 Å². The van der Waals surface area contributed by atoms with Crippen LogP contribution in [0.15, 0.2) is 60.9 Å². The lowest BCUT2D eigenvalue weighted by Crippen LogP contribution is -2.57. The number of nitrogens with two attached hydrogens (primary N) is 1. The maximum atomic E-state index is 12.9. The van der Waals surface area contributed by atoms with Gasteiger partial charge in [0.05, 0.1) is 0 Å². The van der Waals surface area contributed by atoms with Gasteiger partial charge in [0, 0.05) is 41.0 Å². The molecule has 2 aromatic carbocycles. The molecule has 178 valence electrons. The van der Waals surface area contributed by atoms with E-state index in [-0.39, 0.29) is 22.8 Å². The summed E-state index contributed by atoms with van der Waals surface area (Å²) in [6.45, 7) is 9.31. The Bertz CT molecular complexity index is 1120. The van der Waals surface area contributed by atoms with E-state index in [0.29, 0.717) is 18.9 Å². The van der Waals surface area contributed by atoms with Gasteiger partial charge in [0.15, 0.2) is 5.78 Å². The molecule has 1 saturated heterocycles. The van der Waals surface area contributed by atoms with Gasteiger partial charge in [0.25, 0.3) is 0 Å². The summed E-state index contributed by atoms with van der Waals surface area (Å²) in [7, 11) is 0. The molecule has 1 aliphatic rings. The van der Waals surface area contributed by atoms with Crippen LogP contribution in [-0.4, -0.2) is 26.8 Å². The number of carbonyl (C=O) groups excluding carboxylic acids is 1. The van der Waals surface area contributed by atoms with Crippen molar-refractivity contribution in [1.29, 1.82) is 0 Å². The highest BCUT2D eigenvalue weighted by Gasteiger charge is 2.38. The van der Waals surface area contributed by atoms with Gasteiger partial charge in [-0.05, 0) is 69.7 Å². The summed E-state index contributed by atoms with van der Waals surface area (Å²) in [6.07, 6.45) is 6.00. The van der Waals surface area contributed by atoms with E-state index in [0.717, 1.165) is 40.8 Å². The number of piperidine rings is 1. The summed E-state index contributed by atoms with van der Waals surface area (Å²) in [4.78, 5) is 21.0. The van der Waals surface area contributed by atoms with Crippen LogP contribution in [0.1, 0.15) is 62.9 Å². The number of hydrogen-bond acceptors (Lipinski definition) is 6. The summed E-state index contributed by atoms with van der Waals surface area (Å²) >= 11 is 0. The Hall–Kier alpha value is -3.25. The van der Waals surface area contributed by atoms with E-state index in [2.05, 4.69) is 43.0 Å². The maximum absolute atomic E-state index is 12.9. The zero-order valence-corrected chi connectivity index (χ0v) is 20.5. The van der Waals surface area contributed by atoms with Crippen molar-refractivity contribution < 1.29 is 9.53 Å². The highest BCUT2D eigenvalue weighted by Crippen LogP contribution is 2.35. The Morgan fingerprint density at radius 1 is 1.00 bits per heavy atom. The van der Waals surface area contributed by atoms with Gasteiger partial charge >= 0.3 is 0 Å². The summed E-state index contributed by atoms with van der Waals surface area (Å²) in [5.41, 5.74) is 9.29. The second kappa shape index (κ2) is 9.55. The molecule has 34 heavy (non-hydrogen) atoms. The number of ether oxygens (including phenoxy) is 1. The van der Waals surface area contributed by atoms with Crippen LogP contribution in [0.3, 0.4) is 0 Å². The number of nitrogens with one attached hydrogen (secondary N) is 1. The number of carbonyl (C=O) groups is 1. The molecule has 3 N–H and O–H groups in total. The fourth-order valence-electron chi connectivity index (χ4n) is 5.26. The highest BCUT2D eigenvalue weighted by molar-refractivity contribution is 5.96. The molecule has 0 amide bonds. The molecule has 6 heteroatoms. The van der Waals surface area contributed by atoms with Crippen molar-refractivity contribution in [3.05, 3.63) is 72.1 Å². The fraction of sp³-hybridized carbons (Fsp3) is 0.393. The van der Waals surface area contributed by atoms with E-state index in [1.54, 1.807) is 12.4 Å². The fourth-order valence-corrected chi connectivity index (χ4v) is 5.26. The monoisotopic (exact) mass is 458 g/mol. The van der Waals surface area contributed by atoms with Gasteiger partial charge in [-0.2, -0.15) is 0 Å². The van der Waals surface area contributed by atoms with Crippen molar-refractivity contribution in [2.45, 2.75) is 64.6 Å². The maximum Gasteiger partial charge on any atom is 0.219 e. The molecule has 0 unspecified atom stereocenters. The number of anilines is 1. The lowest BCUT2D eigenvalue weighted by Gasteiger charge is -2.46. The van der Waals surface area contributed by atoms with Gasteiger partial charge in [-0.3, -0.25) is 4.79 Å². The summed E-state index contributed by atoms with van der Waals surface area (Å²) < 4.78 is 5.99. The Balaban J connectivity index is 1.35. The Morgan fingerprint density at radius 3 is 2.29 bits per heavy atom. The number of aromatic nitrogens is 2. The van der Waals surface area contributed by atoms with E-state index in [1.165, 1.54) is 0 Å². The Kier molecular flexibility index (Phi) is 6.71.